The minimum atomic E-state index is -0.0837. The number of para-hydroxylation sites is 1. The minimum Gasteiger partial charge on any atom is -0.326 e. The fraction of sp³-hybridized carbons (Fsp3) is 0.364. The van der Waals surface area contributed by atoms with Crippen molar-refractivity contribution in [3.05, 3.63) is 29.8 Å². The molecule has 1 amide bonds. The predicted molar refractivity (Wildman–Crippen MR) is 54.6 cm³/mol. The number of carbonyl (C=O) groups is 1. The Kier molecular flexibility index (Phi) is 4.13. The molecule has 0 unspecified atom stereocenters. The average molecular weight is 192 g/mol. The first-order valence-electron chi connectivity index (χ1n) is 4.67. The number of hydrogen-bond donors (Lipinski definition) is 1. The van der Waals surface area contributed by atoms with Gasteiger partial charge in [-0.15, -0.1) is 0 Å². The van der Waals surface area contributed by atoms with E-state index in [1.165, 1.54) is 6.92 Å². The summed E-state index contributed by atoms with van der Waals surface area (Å²) >= 11 is 0. The molecule has 0 aliphatic rings. The average Bonchev–Trinajstić information content (AvgIpc) is 2.16. The van der Waals surface area contributed by atoms with Gasteiger partial charge in [0.2, 0.25) is 5.91 Å². The summed E-state index contributed by atoms with van der Waals surface area (Å²) in [6.45, 7) is 1.40. The van der Waals surface area contributed by atoms with E-state index in [0.717, 1.165) is 17.7 Å². The van der Waals surface area contributed by atoms with E-state index in [9.17, 15) is 9.90 Å². The summed E-state index contributed by atoms with van der Waals surface area (Å²) in [7, 11) is 0. The first-order chi connectivity index (χ1) is 6.74. The van der Waals surface area contributed by atoms with Crippen LogP contribution < -0.4 is 5.32 Å². The summed E-state index contributed by atoms with van der Waals surface area (Å²) in [6, 6.07) is 7.56. The number of benzene rings is 1. The molecular formula is C11H14NO2. The van der Waals surface area contributed by atoms with Crippen molar-refractivity contribution in [2.75, 3.05) is 11.9 Å². The van der Waals surface area contributed by atoms with Crippen molar-refractivity contribution < 1.29 is 9.90 Å². The van der Waals surface area contributed by atoms with Crippen LogP contribution in [0.5, 0.6) is 0 Å². The molecule has 0 saturated heterocycles. The maximum absolute atomic E-state index is 10.9. The van der Waals surface area contributed by atoms with Gasteiger partial charge < -0.3 is 5.32 Å². The quantitative estimate of drug-likeness (QED) is 0.779. The molecule has 0 aromatic heterocycles. The fourth-order valence-electron chi connectivity index (χ4n) is 1.31. The van der Waals surface area contributed by atoms with E-state index in [0.29, 0.717) is 6.42 Å². The topological polar surface area (TPSA) is 49.0 Å². The third kappa shape index (κ3) is 3.18. The Hall–Kier alpha value is -1.35. The Morgan fingerprint density at radius 3 is 2.71 bits per heavy atom. The van der Waals surface area contributed by atoms with Crippen molar-refractivity contribution in [2.45, 2.75) is 19.8 Å². The highest BCUT2D eigenvalue weighted by Crippen LogP contribution is 2.16. The van der Waals surface area contributed by atoms with Crippen LogP contribution in [0.15, 0.2) is 24.3 Å². The van der Waals surface area contributed by atoms with Crippen LogP contribution in [0.2, 0.25) is 0 Å². The first kappa shape index (κ1) is 10.7. The van der Waals surface area contributed by atoms with Gasteiger partial charge in [-0.2, -0.15) is 0 Å². The highest BCUT2D eigenvalue weighted by atomic mass is 16.2. The van der Waals surface area contributed by atoms with Crippen LogP contribution in [0.1, 0.15) is 18.9 Å². The van der Waals surface area contributed by atoms with Crippen LogP contribution >= 0.6 is 0 Å². The van der Waals surface area contributed by atoms with Gasteiger partial charge in [0.1, 0.15) is 0 Å². The maximum atomic E-state index is 10.9. The van der Waals surface area contributed by atoms with Gasteiger partial charge in [0, 0.05) is 12.6 Å². The lowest BCUT2D eigenvalue weighted by molar-refractivity contribution is -0.114. The van der Waals surface area contributed by atoms with E-state index in [2.05, 4.69) is 5.32 Å². The molecular weight excluding hydrogens is 178 g/mol. The van der Waals surface area contributed by atoms with Crippen LogP contribution in [-0.2, 0) is 16.3 Å². The minimum absolute atomic E-state index is 0.0750. The highest BCUT2D eigenvalue weighted by Gasteiger charge is 2.02. The Morgan fingerprint density at radius 2 is 2.07 bits per heavy atom. The van der Waals surface area contributed by atoms with E-state index >= 15 is 0 Å². The van der Waals surface area contributed by atoms with E-state index in [1.807, 2.05) is 24.3 Å². The van der Waals surface area contributed by atoms with Crippen LogP contribution in [0.3, 0.4) is 0 Å². The summed E-state index contributed by atoms with van der Waals surface area (Å²) in [6.07, 6.45) is 1.33. The summed E-state index contributed by atoms with van der Waals surface area (Å²) < 4.78 is 0. The predicted octanol–water partition coefficient (Wildman–Crippen LogP) is 2.01. The molecule has 1 aromatic carbocycles. The number of anilines is 1. The van der Waals surface area contributed by atoms with Gasteiger partial charge in [0.25, 0.3) is 0 Å². The molecule has 1 N–H and O–H groups in total. The monoisotopic (exact) mass is 192 g/mol. The summed E-state index contributed by atoms with van der Waals surface area (Å²) in [5.74, 6) is -0.0837. The van der Waals surface area contributed by atoms with Crippen molar-refractivity contribution >= 4 is 11.6 Å². The number of aryl methyl sites for hydroxylation is 1. The standard InChI is InChI=1S/C11H14NO2/c1-9(14)12-11-7-3-2-5-10(11)6-4-8-13/h2-3,5,7H,4,6,8H2,1H3,(H,12,14). The lowest BCUT2D eigenvalue weighted by Crippen LogP contribution is -2.08. The first-order valence-corrected chi connectivity index (χ1v) is 4.67. The molecule has 0 bridgehead atoms. The fourth-order valence-corrected chi connectivity index (χ4v) is 1.31. The molecule has 0 spiro atoms. The number of hydrogen-bond acceptors (Lipinski definition) is 1. The zero-order valence-electron chi connectivity index (χ0n) is 8.25. The van der Waals surface area contributed by atoms with Crippen molar-refractivity contribution in [3.63, 3.8) is 0 Å². The smallest absolute Gasteiger partial charge is 0.221 e. The molecule has 3 heteroatoms. The maximum Gasteiger partial charge on any atom is 0.221 e. The van der Waals surface area contributed by atoms with E-state index in [4.69, 9.17) is 0 Å². The van der Waals surface area contributed by atoms with Gasteiger partial charge in [0.05, 0.1) is 6.61 Å². The molecule has 1 radical (unpaired) electrons. The lowest BCUT2D eigenvalue weighted by Gasteiger charge is -2.08. The van der Waals surface area contributed by atoms with Crippen LogP contribution in [0, 0.1) is 0 Å². The SMILES string of the molecule is CC(=O)Nc1ccccc1CCC[O]. The van der Waals surface area contributed by atoms with Crippen molar-refractivity contribution in [1.29, 1.82) is 0 Å². The Morgan fingerprint density at radius 1 is 1.36 bits per heavy atom. The van der Waals surface area contributed by atoms with Crippen molar-refractivity contribution in [3.8, 4) is 0 Å². The lowest BCUT2D eigenvalue weighted by atomic mass is 10.1. The van der Waals surface area contributed by atoms with Gasteiger partial charge in [-0.05, 0) is 24.5 Å². The van der Waals surface area contributed by atoms with Gasteiger partial charge in [-0.1, -0.05) is 18.2 Å². The highest BCUT2D eigenvalue weighted by molar-refractivity contribution is 5.89. The third-order valence-electron chi connectivity index (χ3n) is 1.92. The second-order valence-electron chi connectivity index (χ2n) is 3.15. The molecule has 1 aromatic rings. The molecule has 14 heavy (non-hydrogen) atoms. The number of amides is 1. The van der Waals surface area contributed by atoms with Crippen molar-refractivity contribution in [1.82, 2.24) is 0 Å². The third-order valence-corrected chi connectivity index (χ3v) is 1.92. The molecule has 0 heterocycles. The van der Waals surface area contributed by atoms with Crippen LogP contribution in [-0.4, -0.2) is 12.5 Å². The van der Waals surface area contributed by atoms with E-state index < -0.39 is 0 Å². The molecule has 3 nitrogen and oxygen atoms in total. The molecule has 75 valence electrons. The van der Waals surface area contributed by atoms with Crippen molar-refractivity contribution in [2.24, 2.45) is 0 Å². The van der Waals surface area contributed by atoms with E-state index in [-0.39, 0.29) is 12.5 Å². The second-order valence-corrected chi connectivity index (χ2v) is 3.15. The van der Waals surface area contributed by atoms with E-state index in [1.54, 1.807) is 0 Å². The number of rotatable bonds is 4. The molecule has 0 fully saturated rings. The Bertz CT molecular complexity index is 310. The zero-order valence-corrected chi connectivity index (χ0v) is 8.25. The number of carbonyl (C=O) groups excluding carboxylic acids is 1. The molecule has 1 rings (SSSR count). The molecule has 0 aliphatic carbocycles. The van der Waals surface area contributed by atoms with Crippen LogP contribution in [0.25, 0.3) is 0 Å². The normalized spacial score (nSPS) is 9.86. The summed E-state index contributed by atoms with van der Waals surface area (Å²) in [5.41, 5.74) is 1.84. The van der Waals surface area contributed by atoms with Gasteiger partial charge in [-0.3, -0.25) is 4.79 Å². The van der Waals surface area contributed by atoms with Gasteiger partial charge >= 0.3 is 0 Å². The van der Waals surface area contributed by atoms with Crippen LogP contribution in [0.4, 0.5) is 5.69 Å². The Balaban J connectivity index is 2.74. The number of nitrogens with one attached hydrogen (secondary N) is 1. The molecule has 0 atom stereocenters. The molecule has 0 saturated carbocycles. The summed E-state index contributed by atoms with van der Waals surface area (Å²) in [5, 5.41) is 13.1. The second kappa shape index (κ2) is 5.40. The largest absolute Gasteiger partial charge is 0.326 e. The Labute approximate surface area is 83.8 Å². The van der Waals surface area contributed by atoms with Gasteiger partial charge in [-0.25, -0.2) is 5.11 Å². The molecule has 0 aliphatic heterocycles. The van der Waals surface area contributed by atoms with Gasteiger partial charge in [0.15, 0.2) is 0 Å². The summed E-state index contributed by atoms with van der Waals surface area (Å²) in [4.78, 5) is 10.9. The zero-order chi connectivity index (χ0) is 10.4.